The SMILES string of the molecule is O=C(NC1CCNC2(CCC2)C1)C1=COCCO1. The number of amides is 1. The van der Waals surface area contributed by atoms with Gasteiger partial charge in [-0.1, -0.05) is 0 Å². The number of nitrogens with one attached hydrogen (secondary N) is 2. The van der Waals surface area contributed by atoms with E-state index in [1.165, 1.54) is 25.5 Å². The zero-order valence-corrected chi connectivity index (χ0v) is 10.5. The van der Waals surface area contributed by atoms with E-state index in [0.29, 0.717) is 24.5 Å². The first-order chi connectivity index (χ1) is 8.77. The molecular weight excluding hydrogens is 232 g/mol. The summed E-state index contributed by atoms with van der Waals surface area (Å²) in [6, 6.07) is 0.255. The lowest BCUT2D eigenvalue weighted by Crippen LogP contribution is -2.59. The van der Waals surface area contributed by atoms with Gasteiger partial charge in [-0.2, -0.15) is 0 Å². The van der Waals surface area contributed by atoms with Gasteiger partial charge in [0.2, 0.25) is 5.76 Å². The fraction of sp³-hybridized carbons (Fsp3) is 0.769. The molecule has 1 amide bonds. The number of rotatable bonds is 2. The number of carbonyl (C=O) groups excluding carboxylic acids is 1. The van der Waals surface area contributed by atoms with E-state index in [1.54, 1.807) is 0 Å². The van der Waals surface area contributed by atoms with Crippen LogP contribution in [-0.4, -0.2) is 37.2 Å². The largest absolute Gasteiger partial charge is 0.494 e. The number of hydrogen-bond donors (Lipinski definition) is 2. The minimum Gasteiger partial charge on any atom is -0.494 e. The van der Waals surface area contributed by atoms with Crippen LogP contribution in [0.1, 0.15) is 32.1 Å². The monoisotopic (exact) mass is 252 g/mol. The maximum atomic E-state index is 12.0. The molecular formula is C13H20N2O3. The Morgan fingerprint density at radius 2 is 2.33 bits per heavy atom. The molecule has 0 aromatic rings. The van der Waals surface area contributed by atoms with Gasteiger partial charge in [0.15, 0.2) is 0 Å². The molecule has 1 atom stereocenters. The summed E-state index contributed by atoms with van der Waals surface area (Å²) in [4.78, 5) is 12.0. The molecule has 3 rings (SSSR count). The Morgan fingerprint density at radius 1 is 1.44 bits per heavy atom. The average molecular weight is 252 g/mol. The molecule has 0 aromatic heterocycles. The van der Waals surface area contributed by atoms with Gasteiger partial charge >= 0.3 is 0 Å². The second-order valence-corrected chi connectivity index (χ2v) is 5.43. The van der Waals surface area contributed by atoms with E-state index in [4.69, 9.17) is 9.47 Å². The third-order valence-corrected chi connectivity index (χ3v) is 4.15. The van der Waals surface area contributed by atoms with Crippen molar-refractivity contribution in [3.63, 3.8) is 0 Å². The van der Waals surface area contributed by atoms with E-state index in [0.717, 1.165) is 19.4 Å². The Hall–Kier alpha value is -1.23. The number of hydrogen-bond acceptors (Lipinski definition) is 4. The van der Waals surface area contributed by atoms with Gasteiger partial charge in [-0.05, 0) is 38.6 Å². The van der Waals surface area contributed by atoms with Crippen molar-refractivity contribution in [2.75, 3.05) is 19.8 Å². The Morgan fingerprint density at radius 3 is 3.00 bits per heavy atom. The summed E-state index contributed by atoms with van der Waals surface area (Å²) in [6.45, 7) is 1.96. The first kappa shape index (κ1) is 11.8. The summed E-state index contributed by atoms with van der Waals surface area (Å²) in [5, 5.41) is 6.65. The highest BCUT2D eigenvalue weighted by Crippen LogP contribution is 2.38. The molecule has 1 spiro atoms. The molecule has 2 fully saturated rings. The van der Waals surface area contributed by atoms with Crippen molar-refractivity contribution in [3.8, 4) is 0 Å². The van der Waals surface area contributed by atoms with Crippen LogP contribution >= 0.6 is 0 Å². The maximum Gasteiger partial charge on any atom is 0.289 e. The van der Waals surface area contributed by atoms with Gasteiger partial charge in [0, 0.05) is 11.6 Å². The minimum atomic E-state index is -0.143. The highest BCUT2D eigenvalue weighted by Gasteiger charge is 2.41. The highest BCUT2D eigenvalue weighted by molar-refractivity contribution is 5.91. The van der Waals surface area contributed by atoms with Crippen molar-refractivity contribution >= 4 is 5.91 Å². The van der Waals surface area contributed by atoms with Gasteiger partial charge in [-0.25, -0.2) is 0 Å². The lowest BCUT2D eigenvalue weighted by Gasteiger charge is -2.48. The fourth-order valence-corrected chi connectivity index (χ4v) is 3.01. The molecule has 100 valence electrons. The zero-order valence-electron chi connectivity index (χ0n) is 10.5. The third-order valence-electron chi connectivity index (χ3n) is 4.15. The van der Waals surface area contributed by atoms with Crippen LogP contribution < -0.4 is 10.6 Å². The molecule has 2 aliphatic heterocycles. The number of ether oxygens (including phenoxy) is 2. The first-order valence-corrected chi connectivity index (χ1v) is 6.78. The quantitative estimate of drug-likeness (QED) is 0.758. The number of carbonyl (C=O) groups is 1. The molecule has 1 saturated heterocycles. The highest BCUT2D eigenvalue weighted by atomic mass is 16.6. The zero-order chi connectivity index (χ0) is 12.4. The molecule has 2 N–H and O–H groups in total. The molecule has 0 radical (unpaired) electrons. The van der Waals surface area contributed by atoms with Crippen molar-refractivity contribution < 1.29 is 14.3 Å². The van der Waals surface area contributed by atoms with Gasteiger partial charge in [0.1, 0.15) is 19.5 Å². The van der Waals surface area contributed by atoms with E-state index in [9.17, 15) is 4.79 Å². The molecule has 1 aliphatic carbocycles. The lowest BCUT2D eigenvalue weighted by atomic mass is 9.70. The summed E-state index contributed by atoms with van der Waals surface area (Å²) >= 11 is 0. The van der Waals surface area contributed by atoms with E-state index in [-0.39, 0.29) is 11.9 Å². The maximum absolute atomic E-state index is 12.0. The Bertz CT molecular complexity index is 363. The van der Waals surface area contributed by atoms with Crippen LogP contribution in [0.4, 0.5) is 0 Å². The van der Waals surface area contributed by atoms with E-state index < -0.39 is 0 Å². The van der Waals surface area contributed by atoms with Crippen molar-refractivity contribution in [2.24, 2.45) is 0 Å². The molecule has 2 heterocycles. The summed E-state index contributed by atoms with van der Waals surface area (Å²) < 4.78 is 10.4. The van der Waals surface area contributed by atoms with Gasteiger partial charge in [-0.3, -0.25) is 4.79 Å². The molecule has 0 aromatic carbocycles. The first-order valence-electron chi connectivity index (χ1n) is 6.78. The molecule has 0 bridgehead atoms. The van der Waals surface area contributed by atoms with Crippen LogP contribution in [-0.2, 0) is 14.3 Å². The standard InChI is InChI=1S/C13H20N2O3/c16-12(11-9-17-6-7-18-11)15-10-2-5-14-13(8-10)3-1-4-13/h9-10,14H,1-8H2,(H,15,16). The molecule has 3 aliphatic rings. The predicted molar refractivity (Wildman–Crippen MR) is 65.7 cm³/mol. The smallest absolute Gasteiger partial charge is 0.289 e. The van der Waals surface area contributed by atoms with Crippen LogP contribution in [0.3, 0.4) is 0 Å². The lowest BCUT2D eigenvalue weighted by molar-refractivity contribution is -0.123. The van der Waals surface area contributed by atoms with Gasteiger partial charge in [0.25, 0.3) is 5.91 Å². The Kier molecular flexibility index (Phi) is 3.16. The van der Waals surface area contributed by atoms with Crippen LogP contribution in [0, 0.1) is 0 Å². The third kappa shape index (κ3) is 2.32. The molecule has 5 nitrogen and oxygen atoms in total. The van der Waals surface area contributed by atoms with Gasteiger partial charge in [0.05, 0.1) is 0 Å². The second kappa shape index (κ2) is 4.80. The predicted octanol–water partition coefficient (Wildman–Crippen LogP) is 0.665. The summed E-state index contributed by atoms with van der Waals surface area (Å²) in [7, 11) is 0. The summed E-state index contributed by atoms with van der Waals surface area (Å²) in [5.74, 6) is 0.165. The van der Waals surface area contributed by atoms with Crippen molar-refractivity contribution in [2.45, 2.75) is 43.7 Å². The molecule has 5 heteroatoms. The van der Waals surface area contributed by atoms with Crippen LogP contribution in [0.2, 0.25) is 0 Å². The van der Waals surface area contributed by atoms with E-state index in [1.807, 2.05) is 0 Å². The second-order valence-electron chi connectivity index (χ2n) is 5.43. The minimum absolute atomic E-state index is 0.143. The van der Waals surface area contributed by atoms with Gasteiger partial charge in [-0.15, -0.1) is 0 Å². The summed E-state index contributed by atoms with van der Waals surface area (Å²) in [5.41, 5.74) is 0.300. The molecule has 1 unspecified atom stereocenters. The normalized spacial score (nSPS) is 29.6. The summed E-state index contributed by atoms with van der Waals surface area (Å²) in [6.07, 6.45) is 7.21. The fourth-order valence-electron chi connectivity index (χ4n) is 3.01. The van der Waals surface area contributed by atoms with E-state index in [2.05, 4.69) is 10.6 Å². The van der Waals surface area contributed by atoms with Crippen molar-refractivity contribution in [1.82, 2.24) is 10.6 Å². The van der Waals surface area contributed by atoms with E-state index >= 15 is 0 Å². The Balaban J connectivity index is 1.55. The van der Waals surface area contributed by atoms with Crippen LogP contribution in [0.5, 0.6) is 0 Å². The van der Waals surface area contributed by atoms with Crippen molar-refractivity contribution in [1.29, 1.82) is 0 Å². The molecule has 18 heavy (non-hydrogen) atoms. The number of piperidine rings is 1. The topological polar surface area (TPSA) is 59.6 Å². The molecule has 1 saturated carbocycles. The van der Waals surface area contributed by atoms with Crippen LogP contribution in [0.15, 0.2) is 12.0 Å². The van der Waals surface area contributed by atoms with Crippen LogP contribution in [0.25, 0.3) is 0 Å². The van der Waals surface area contributed by atoms with Crippen molar-refractivity contribution in [3.05, 3.63) is 12.0 Å². The van der Waals surface area contributed by atoms with Gasteiger partial charge < -0.3 is 20.1 Å². The average Bonchev–Trinajstić information content (AvgIpc) is 2.38. The Labute approximate surface area is 107 Å².